The predicted octanol–water partition coefficient (Wildman–Crippen LogP) is 0.849. The standard InChI is InChI=1S/C9H15NO2/c11-9(12)8-7(4-5-10-8)6-2-1-3-6/h6-8,10H,1-5H2,(H,11,12)/t7-,8-/m0/s1. The fourth-order valence-corrected chi connectivity index (χ4v) is 2.37. The summed E-state index contributed by atoms with van der Waals surface area (Å²) in [6.07, 6.45) is 4.85. The van der Waals surface area contributed by atoms with Gasteiger partial charge < -0.3 is 10.4 Å². The van der Waals surface area contributed by atoms with E-state index in [0.29, 0.717) is 11.8 Å². The number of carboxylic acids is 1. The highest BCUT2D eigenvalue weighted by molar-refractivity contribution is 5.74. The van der Waals surface area contributed by atoms with Gasteiger partial charge in [0.2, 0.25) is 0 Å². The van der Waals surface area contributed by atoms with Crippen LogP contribution in [0.1, 0.15) is 25.7 Å². The number of carboxylic acid groups (broad SMARTS) is 1. The number of nitrogens with one attached hydrogen (secondary N) is 1. The van der Waals surface area contributed by atoms with Crippen LogP contribution in [0.4, 0.5) is 0 Å². The smallest absolute Gasteiger partial charge is 0.320 e. The van der Waals surface area contributed by atoms with E-state index < -0.39 is 5.97 Å². The van der Waals surface area contributed by atoms with Gasteiger partial charge in [0.25, 0.3) is 0 Å². The van der Waals surface area contributed by atoms with Crippen molar-refractivity contribution in [2.24, 2.45) is 11.8 Å². The van der Waals surface area contributed by atoms with Crippen molar-refractivity contribution >= 4 is 5.97 Å². The van der Waals surface area contributed by atoms with E-state index >= 15 is 0 Å². The molecule has 0 unspecified atom stereocenters. The first-order valence-electron chi connectivity index (χ1n) is 4.75. The van der Waals surface area contributed by atoms with E-state index in [4.69, 9.17) is 5.11 Å². The van der Waals surface area contributed by atoms with Crippen LogP contribution in [0.3, 0.4) is 0 Å². The maximum absolute atomic E-state index is 10.8. The summed E-state index contributed by atoms with van der Waals surface area (Å²) in [5.74, 6) is 0.446. The Bertz CT molecular complexity index is 189. The van der Waals surface area contributed by atoms with E-state index in [1.807, 2.05) is 0 Å². The fraction of sp³-hybridized carbons (Fsp3) is 0.889. The van der Waals surface area contributed by atoms with Crippen LogP contribution in [-0.2, 0) is 4.79 Å². The highest BCUT2D eigenvalue weighted by atomic mass is 16.4. The number of rotatable bonds is 2. The lowest BCUT2D eigenvalue weighted by Crippen LogP contribution is -2.40. The molecule has 0 aromatic carbocycles. The van der Waals surface area contributed by atoms with Crippen molar-refractivity contribution in [3.8, 4) is 0 Å². The number of aliphatic carboxylic acids is 1. The molecular formula is C9H15NO2. The van der Waals surface area contributed by atoms with Crippen LogP contribution in [-0.4, -0.2) is 23.7 Å². The van der Waals surface area contributed by atoms with E-state index in [9.17, 15) is 4.79 Å². The minimum Gasteiger partial charge on any atom is -0.480 e. The largest absolute Gasteiger partial charge is 0.480 e. The third-order valence-corrected chi connectivity index (χ3v) is 3.29. The predicted molar refractivity (Wildman–Crippen MR) is 44.9 cm³/mol. The average Bonchev–Trinajstić information content (AvgIpc) is 2.31. The van der Waals surface area contributed by atoms with Gasteiger partial charge in [-0.05, 0) is 24.8 Å². The second kappa shape index (κ2) is 3.05. The molecule has 3 heteroatoms. The fourth-order valence-electron chi connectivity index (χ4n) is 2.37. The molecule has 2 fully saturated rings. The lowest BCUT2D eigenvalue weighted by Gasteiger charge is -2.33. The van der Waals surface area contributed by atoms with Gasteiger partial charge in [-0.15, -0.1) is 0 Å². The van der Waals surface area contributed by atoms with Crippen molar-refractivity contribution in [1.29, 1.82) is 0 Å². The first-order valence-corrected chi connectivity index (χ1v) is 4.75. The third kappa shape index (κ3) is 1.22. The molecular weight excluding hydrogens is 154 g/mol. The molecule has 0 bridgehead atoms. The molecule has 0 aromatic heterocycles. The van der Waals surface area contributed by atoms with Crippen LogP contribution < -0.4 is 5.32 Å². The van der Waals surface area contributed by atoms with Gasteiger partial charge in [-0.25, -0.2) is 0 Å². The van der Waals surface area contributed by atoms with E-state index in [1.54, 1.807) is 0 Å². The molecule has 0 radical (unpaired) electrons. The number of hydrogen-bond acceptors (Lipinski definition) is 2. The van der Waals surface area contributed by atoms with E-state index in [-0.39, 0.29) is 6.04 Å². The van der Waals surface area contributed by atoms with Gasteiger partial charge in [0.15, 0.2) is 0 Å². The van der Waals surface area contributed by atoms with Crippen molar-refractivity contribution in [2.75, 3.05) is 6.54 Å². The average molecular weight is 169 g/mol. The summed E-state index contributed by atoms with van der Waals surface area (Å²) in [5, 5.41) is 11.9. The van der Waals surface area contributed by atoms with Gasteiger partial charge >= 0.3 is 5.97 Å². The molecule has 2 aliphatic rings. The van der Waals surface area contributed by atoms with Gasteiger partial charge in [0, 0.05) is 0 Å². The van der Waals surface area contributed by atoms with Crippen molar-refractivity contribution in [3.63, 3.8) is 0 Å². The Kier molecular flexibility index (Phi) is 2.05. The molecule has 12 heavy (non-hydrogen) atoms. The Morgan fingerprint density at radius 2 is 2.08 bits per heavy atom. The normalized spacial score (nSPS) is 36.3. The zero-order valence-electron chi connectivity index (χ0n) is 7.12. The molecule has 0 aromatic rings. The summed E-state index contributed by atoms with van der Waals surface area (Å²) in [7, 11) is 0. The lowest BCUT2D eigenvalue weighted by molar-refractivity contribution is -0.140. The molecule has 2 rings (SSSR count). The second-order valence-electron chi connectivity index (χ2n) is 3.91. The molecule has 2 N–H and O–H groups in total. The summed E-state index contributed by atoms with van der Waals surface area (Å²) < 4.78 is 0. The van der Waals surface area contributed by atoms with Gasteiger partial charge in [0.1, 0.15) is 6.04 Å². The monoisotopic (exact) mass is 169 g/mol. The minimum absolute atomic E-state index is 0.254. The second-order valence-corrected chi connectivity index (χ2v) is 3.91. The lowest BCUT2D eigenvalue weighted by atomic mass is 9.73. The van der Waals surface area contributed by atoms with Crippen LogP contribution in [0.2, 0.25) is 0 Å². The highest BCUT2D eigenvalue weighted by Gasteiger charge is 2.39. The van der Waals surface area contributed by atoms with Crippen molar-refractivity contribution < 1.29 is 9.90 Å². The van der Waals surface area contributed by atoms with Crippen LogP contribution in [0.5, 0.6) is 0 Å². The van der Waals surface area contributed by atoms with Crippen LogP contribution in [0, 0.1) is 11.8 Å². The topological polar surface area (TPSA) is 49.3 Å². The van der Waals surface area contributed by atoms with Crippen LogP contribution in [0.15, 0.2) is 0 Å². The first kappa shape index (κ1) is 8.05. The summed E-state index contributed by atoms with van der Waals surface area (Å²) in [6.45, 7) is 0.887. The maximum Gasteiger partial charge on any atom is 0.320 e. The highest BCUT2D eigenvalue weighted by Crippen LogP contribution is 2.38. The molecule has 1 heterocycles. The Morgan fingerprint density at radius 1 is 1.33 bits per heavy atom. The van der Waals surface area contributed by atoms with Crippen LogP contribution in [0.25, 0.3) is 0 Å². The van der Waals surface area contributed by atoms with E-state index in [2.05, 4.69) is 5.32 Å². The zero-order valence-corrected chi connectivity index (χ0v) is 7.12. The zero-order chi connectivity index (χ0) is 8.55. The quantitative estimate of drug-likeness (QED) is 0.644. The third-order valence-electron chi connectivity index (χ3n) is 3.29. The first-order chi connectivity index (χ1) is 5.79. The molecule has 0 amide bonds. The molecule has 3 nitrogen and oxygen atoms in total. The minimum atomic E-state index is -0.663. The number of hydrogen-bond donors (Lipinski definition) is 2. The number of carbonyl (C=O) groups is 1. The van der Waals surface area contributed by atoms with Gasteiger partial charge in [-0.3, -0.25) is 4.79 Å². The molecule has 1 saturated carbocycles. The van der Waals surface area contributed by atoms with Crippen LogP contribution >= 0.6 is 0 Å². The summed E-state index contributed by atoms with van der Waals surface area (Å²) in [4.78, 5) is 10.8. The SMILES string of the molecule is O=C(O)[C@H]1NCC[C@H]1C1CCC1. The van der Waals surface area contributed by atoms with Gasteiger partial charge in [-0.2, -0.15) is 0 Å². The molecule has 2 atom stereocenters. The molecule has 0 spiro atoms. The Hall–Kier alpha value is -0.570. The van der Waals surface area contributed by atoms with E-state index in [0.717, 1.165) is 13.0 Å². The summed E-state index contributed by atoms with van der Waals surface area (Å²) >= 11 is 0. The summed E-state index contributed by atoms with van der Waals surface area (Å²) in [6, 6.07) is -0.254. The van der Waals surface area contributed by atoms with Crippen molar-refractivity contribution in [1.82, 2.24) is 5.32 Å². The Labute approximate surface area is 72.2 Å². The Balaban J connectivity index is 1.98. The Morgan fingerprint density at radius 3 is 2.58 bits per heavy atom. The van der Waals surface area contributed by atoms with Gasteiger partial charge in [-0.1, -0.05) is 19.3 Å². The van der Waals surface area contributed by atoms with Crippen molar-refractivity contribution in [3.05, 3.63) is 0 Å². The molecule has 1 saturated heterocycles. The molecule has 1 aliphatic carbocycles. The van der Waals surface area contributed by atoms with Crippen molar-refractivity contribution in [2.45, 2.75) is 31.7 Å². The summed E-state index contributed by atoms with van der Waals surface area (Å²) in [5.41, 5.74) is 0. The maximum atomic E-state index is 10.8. The molecule has 68 valence electrons. The molecule has 1 aliphatic heterocycles. The van der Waals surface area contributed by atoms with Gasteiger partial charge in [0.05, 0.1) is 0 Å². The van der Waals surface area contributed by atoms with E-state index in [1.165, 1.54) is 19.3 Å².